The van der Waals surface area contributed by atoms with Crippen LogP contribution in [0.4, 0.5) is 0 Å². The van der Waals surface area contributed by atoms with Gasteiger partial charge in [-0.05, 0) is 41.5 Å². The number of nitrogens with zero attached hydrogens (tertiary/aromatic N) is 2. The molecule has 2 amide bonds. The summed E-state index contributed by atoms with van der Waals surface area (Å²) >= 11 is 1.64. The van der Waals surface area contributed by atoms with Crippen molar-refractivity contribution < 1.29 is 9.59 Å². The van der Waals surface area contributed by atoms with E-state index in [1.54, 1.807) is 16.7 Å². The molecule has 2 aromatic rings. The van der Waals surface area contributed by atoms with Crippen molar-refractivity contribution in [2.75, 3.05) is 25.9 Å². The monoisotopic (exact) mass is 382 g/mol. The van der Waals surface area contributed by atoms with Crippen LogP contribution in [0.2, 0.25) is 0 Å². The first-order chi connectivity index (χ1) is 12.9. The zero-order valence-corrected chi connectivity index (χ0v) is 17.0. The predicted octanol–water partition coefficient (Wildman–Crippen LogP) is 3.92. The number of thioether (sulfide) groups is 1. The lowest BCUT2D eigenvalue weighted by Gasteiger charge is -2.30. The van der Waals surface area contributed by atoms with Gasteiger partial charge in [0.1, 0.15) is 6.54 Å². The fourth-order valence-electron chi connectivity index (χ4n) is 3.50. The summed E-state index contributed by atoms with van der Waals surface area (Å²) in [5.41, 5.74) is 1.57. The van der Waals surface area contributed by atoms with E-state index in [1.807, 2.05) is 65.8 Å². The molecule has 0 N–H and O–H groups in total. The minimum absolute atomic E-state index is 0.00138. The molecule has 0 unspecified atom stereocenters. The highest BCUT2D eigenvalue weighted by Gasteiger charge is 2.35. The molecule has 0 saturated carbocycles. The fraction of sp³-hybridized carbons (Fsp3) is 0.364. The topological polar surface area (TPSA) is 40.6 Å². The minimum Gasteiger partial charge on any atom is -0.336 e. The first-order valence-corrected chi connectivity index (χ1v) is 10.4. The second-order valence-corrected chi connectivity index (χ2v) is 8.67. The van der Waals surface area contributed by atoms with Crippen LogP contribution >= 0.6 is 11.8 Å². The maximum absolute atomic E-state index is 13.0. The van der Waals surface area contributed by atoms with Crippen LogP contribution < -0.4 is 0 Å². The van der Waals surface area contributed by atoms with Crippen LogP contribution in [-0.4, -0.2) is 47.5 Å². The molecule has 0 bridgehead atoms. The van der Waals surface area contributed by atoms with Crippen LogP contribution in [0.25, 0.3) is 0 Å². The third-order valence-corrected chi connectivity index (χ3v) is 5.50. The van der Waals surface area contributed by atoms with Crippen molar-refractivity contribution in [2.45, 2.75) is 25.3 Å². The third kappa shape index (κ3) is 4.92. The Morgan fingerprint density at radius 3 is 2.33 bits per heavy atom. The SMILES string of the molecule is CSc1ccc(C(=O)N2CC(=O)N(Cc3ccccc3)CC(C)(C)C2)cc1. The lowest BCUT2D eigenvalue weighted by atomic mass is 9.92. The molecule has 27 heavy (non-hydrogen) atoms. The Bertz CT molecular complexity index is 803. The maximum atomic E-state index is 13.0. The van der Waals surface area contributed by atoms with Crippen LogP contribution in [0.3, 0.4) is 0 Å². The van der Waals surface area contributed by atoms with Gasteiger partial charge in [0.05, 0.1) is 0 Å². The van der Waals surface area contributed by atoms with Gasteiger partial charge in [0, 0.05) is 30.1 Å². The molecule has 3 rings (SSSR count). The van der Waals surface area contributed by atoms with E-state index in [1.165, 1.54) is 0 Å². The number of carbonyl (C=O) groups excluding carboxylic acids is 2. The van der Waals surface area contributed by atoms with Gasteiger partial charge in [-0.3, -0.25) is 9.59 Å². The molecular formula is C22H26N2O2S. The highest BCUT2D eigenvalue weighted by atomic mass is 32.2. The molecule has 4 nitrogen and oxygen atoms in total. The molecule has 2 aromatic carbocycles. The smallest absolute Gasteiger partial charge is 0.254 e. The van der Waals surface area contributed by atoms with E-state index >= 15 is 0 Å². The number of hydrogen-bond acceptors (Lipinski definition) is 3. The standard InChI is InChI=1S/C22H26N2O2S/c1-22(2)15-23(13-17-7-5-4-6-8-17)20(25)14-24(16-22)21(26)18-9-11-19(27-3)12-10-18/h4-12H,13-16H2,1-3H3. The lowest BCUT2D eigenvalue weighted by molar-refractivity contribution is -0.131. The Morgan fingerprint density at radius 2 is 1.70 bits per heavy atom. The van der Waals surface area contributed by atoms with Gasteiger partial charge in [-0.15, -0.1) is 11.8 Å². The summed E-state index contributed by atoms with van der Waals surface area (Å²) in [5, 5.41) is 0. The zero-order valence-electron chi connectivity index (χ0n) is 16.1. The van der Waals surface area contributed by atoms with Gasteiger partial charge < -0.3 is 9.80 Å². The molecule has 1 aliphatic rings. The Kier molecular flexibility index (Phi) is 5.90. The van der Waals surface area contributed by atoms with E-state index in [2.05, 4.69) is 13.8 Å². The maximum Gasteiger partial charge on any atom is 0.254 e. The van der Waals surface area contributed by atoms with E-state index < -0.39 is 0 Å². The van der Waals surface area contributed by atoms with E-state index in [0.29, 0.717) is 25.2 Å². The first-order valence-electron chi connectivity index (χ1n) is 9.13. The first kappa shape index (κ1) is 19.5. The molecule has 0 radical (unpaired) electrons. The van der Waals surface area contributed by atoms with Crippen molar-refractivity contribution in [3.05, 3.63) is 65.7 Å². The highest BCUT2D eigenvalue weighted by Crippen LogP contribution is 2.25. The number of hydrogen-bond donors (Lipinski definition) is 0. The van der Waals surface area contributed by atoms with E-state index in [9.17, 15) is 9.59 Å². The van der Waals surface area contributed by atoms with Crippen LogP contribution in [0.1, 0.15) is 29.8 Å². The molecule has 1 saturated heterocycles. The van der Waals surface area contributed by atoms with Crippen LogP contribution in [0.15, 0.2) is 59.5 Å². The summed E-state index contributed by atoms with van der Waals surface area (Å²) in [7, 11) is 0. The zero-order chi connectivity index (χ0) is 19.4. The summed E-state index contributed by atoms with van der Waals surface area (Å²) in [6, 6.07) is 17.6. The summed E-state index contributed by atoms with van der Waals surface area (Å²) in [4.78, 5) is 30.6. The van der Waals surface area contributed by atoms with E-state index in [0.717, 1.165) is 10.5 Å². The van der Waals surface area contributed by atoms with Crippen molar-refractivity contribution in [1.29, 1.82) is 0 Å². The van der Waals surface area contributed by atoms with Crippen LogP contribution in [-0.2, 0) is 11.3 Å². The number of carbonyl (C=O) groups is 2. The summed E-state index contributed by atoms with van der Waals surface area (Å²) in [6.45, 7) is 6.12. The van der Waals surface area contributed by atoms with Gasteiger partial charge in [0.25, 0.3) is 5.91 Å². The normalized spacial score (nSPS) is 16.9. The molecule has 1 fully saturated rings. The molecule has 5 heteroatoms. The molecule has 142 valence electrons. The molecule has 0 aromatic heterocycles. The quantitative estimate of drug-likeness (QED) is 0.753. The number of benzene rings is 2. The van der Waals surface area contributed by atoms with Crippen molar-refractivity contribution in [2.24, 2.45) is 5.41 Å². The van der Waals surface area contributed by atoms with E-state index in [-0.39, 0.29) is 23.8 Å². The van der Waals surface area contributed by atoms with Gasteiger partial charge in [0.2, 0.25) is 5.91 Å². The van der Waals surface area contributed by atoms with E-state index in [4.69, 9.17) is 0 Å². The average Bonchev–Trinajstić information content (AvgIpc) is 2.77. The number of amides is 2. The molecule has 0 atom stereocenters. The third-order valence-electron chi connectivity index (χ3n) is 4.76. The lowest BCUT2D eigenvalue weighted by Crippen LogP contribution is -2.39. The Labute approximate surface area is 165 Å². The summed E-state index contributed by atoms with van der Waals surface area (Å²) in [5.74, 6) is -0.0795. The molecule has 1 aliphatic heterocycles. The average molecular weight is 383 g/mol. The van der Waals surface area contributed by atoms with Crippen molar-refractivity contribution in [1.82, 2.24) is 9.80 Å². The largest absolute Gasteiger partial charge is 0.336 e. The molecule has 1 heterocycles. The predicted molar refractivity (Wildman–Crippen MR) is 110 cm³/mol. The van der Waals surface area contributed by atoms with Crippen molar-refractivity contribution in [3.8, 4) is 0 Å². The van der Waals surface area contributed by atoms with Crippen molar-refractivity contribution in [3.63, 3.8) is 0 Å². The summed E-state index contributed by atoms with van der Waals surface area (Å²) < 4.78 is 0. The molecular weight excluding hydrogens is 356 g/mol. The molecule has 0 spiro atoms. The second-order valence-electron chi connectivity index (χ2n) is 7.79. The number of rotatable bonds is 4. The van der Waals surface area contributed by atoms with Gasteiger partial charge >= 0.3 is 0 Å². The minimum atomic E-state index is -0.171. The van der Waals surface area contributed by atoms with Gasteiger partial charge in [-0.1, -0.05) is 44.2 Å². The Morgan fingerprint density at radius 1 is 1.04 bits per heavy atom. The fourth-order valence-corrected chi connectivity index (χ4v) is 3.91. The second kappa shape index (κ2) is 8.17. The molecule has 0 aliphatic carbocycles. The highest BCUT2D eigenvalue weighted by molar-refractivity contribution is 7.98. The van der Waals surface area contributed by atoms with Crippen molar-refractivity contribution >= 4 is 23.6 Å². The van der Waals surface area contributed by atoms with Crippen LogP contribution in [0.5, 0.6) is 0 Å². The van der Waals surface area contributed by atoms with Gasteiger partial charge in [0.15, 0.2) is 0 Å². The Hall–Kier alpha value is -2.27. The van der Waals surface area contributed by atoms with Gasteiger partial charge in [-0.25, -0.2) is 0 Å². The van der Waals surface area contributed by atoms with Crippen LogP contribution in [0, 0.1) is 5.41 Å². The Balaban J connectivity index is 1.78. The van der Waals surface area contributed by atoms with Gasteiger partial charge in [-0.2, -0.15) is 0 Å². The summed E-state index contributed by atoms with van der Waals surface area (Å²) in [6.07, 6.45) is 2.01.